The number of nitrogens with two attached hydrogens (primary N) is 1. The fourth-order valence-electron chi connectivity index (χ4n) is 2.82. The zero-order valence-electron chi connectivity index (χ0n) is 12.3. The molecule has 1 heterocycles. The number of methoxy groups -OCH3 is 1. The lowest BCUT2D eigenvalue weighted by molar-refractivity contribution is 0.415. The van der Waals surface area contributed by atoms with Crippen LogP contribution in [0.4, 0.5) is 5.69 Å². The number of hydrogen-bond donors (Lipinski definition) is 1. The standard InChI is InChI=1S/C17H19N3O/c1-12-7-3-4-8-13(12)15-11-19-17(18)20(15)14-9-5-6-10-16(14)21-2/h3-10,15H,11H2,1-2H3,(H2,18,19). The van der Waals surface area contributed by atoms with Crippen LogP contribution in [-0.4, -0.2) is 19.6 Å². The Bertz CT molecular complexity index is 681. The van der Waals surface area contributed by atoms with Crippen molar-refractivity contribution in [1.82, 2.24) is 0 Å². The van der Waals surface area contributed by atoms with Crippen LogP contribution in [0, 0.1) is 6.92 Å². The summed E-state index contributed by atoms with van der Waals surface area (Å²) in [5.41, 5.74) is 9.57. The maximum atomic E-state index is 6.13. The van der Waals surface area contributed by atoms with Crippen LogP contribution < -0.4 is 15.4 Å². The predicted molar refractivity (Wildman–Crippen MR) is 85.9 cm³/mol. The van der Waals surface area contributed by atoms with Crippen molar-refractivity contribution >= 4 is 11.6 Å². The van der Waals surface area contributed by atoms with E-state index in [0.717, 1.165) is 11.4 Å². The zero-order chi connectivity index (χ0) is 14.8. The van der Waals surface area contributed by atoms with E-state index in [9.17, 15) is 0 Å². The second kappa shape index (κ2) is 5.48. The predicted octanol–water partition coefficient (Wildman–Crippen LogP) is 2.88. The Morgan fingerprint density at radius 2 is 1.86 bits per heavy atom. The number of hydrogen-bond acceptors (Lipinski definition) is 4. The van der Waals surface area contributed by atoms with Gasteiger partial charge in [-0.3, -0.25) is 9.89 Å². The van der Waals surface area contributed by atoms with Crippen molar-refractivity contribution in [3.63, 3.8) is 0 Å². The molecule has 1 aliphatic heterocycles. The summed E-state index contributed by atoms with van der Waals surface area (Å²) in [6.45, 7) is 2.78. The van der Waals surface area contributed by atoms with Crippen molar-refractivity contribution in [2.24, 2.45) is 10.7 Å². The normalized spacial score (nSPS) is 17.7. The minimum absolute atomic E-state index is 0.113. The number of nitrogens with zero attached hydrogens (tertiary/aromatic N) is 2. The highest BCUT2D eigenvalue weighted by molar-refractivity contribution is 5.98. The summed E-state index contributed by atoms with van der Waals surface area (Å²) in [6.07, 6.45) is 0. The Kier molecular flexibility index (Phi) is 3.52. The molecule has 0 bridgehead atoms. The number of aliphatic imine (C=N–C) groups is 1. The van der Waals surface area contributed by atoms with Gasteiger partial charge in [0.25, 0.3) is 0 Å². The molecule has 2 aromatic carbocycles. The molecule has 21 heavy (non-hydrogen) atoms. The molecule has 0 spiro atoms. The van der Waals surface area contributed by atoms with E-state index >= 15 is 0 Å². The Morgan fingerprint density at radius 1 is 1.14 bits per heavy atom. The molecule has 0 saturated heterocycles. The van der Waals surface area contributed by atoms with Gasteiger partial charge in [-0.15, -0.1) is 0 Å². The average Bonchev–Trinajstić information content (AvgIpc) is 2.89. The van der Waals surface area contributed by atoms with E-state index in [1.54, 1.807) is 7.11 Å². The lowest BCUT2D eigenvalue weighted by atomic mass is 10.0. The Labute approximate surface area is 124 Å². The maximum absolute atomic E-state index is 6.13. The van der Waals surface area contributed by atoms with Crippen LogP contribution in [0.3, 0.4) is 0 Å². The van der Waals surface area contributed by atoms with Crippen LogP contribution in [0.1, 0.15) is 17.2 Å². The molecule has 1 atom stereocenters. The molecule has 4 heteroatoms. The monoisotopic (exact) mass is 281 g/mol. The number of benzene rings is 2. The van der Waals surface area contributed by atoms with Gasteiger partial charge in [-0.25, -0.2) is 0 Å². The molecule has 1 unspecified atom stereocenters. The fraction of sp³-hybridized carbons (Fsp3) is 0.235. The number of aryl methyl sites for hydroxylation is 1. The molecule has 0 fully saturated rings. The largest absolute Gasteiger partial charge is 0.495 e. The van der Waals surface area contributed by atoms with E-state index in [1.165, 1.54) is 11.1 Å². The first-order valence-corrected chi connectivity index (χ1v) is 7.00. The highest BCUT2D eigenvalue weighted by Crippen LogP contribution is 2.37. The Hall–Kier alpha value is -2.49. The molecule has 3 rings (SSSR count). The first-order valence-electron chi connectivity index (χ1n) is 7.00. The topological polar surface area (TPSA) is 50.9 Å². The van der Waals surface area contributed by atoms with Gasteiger partial charge < -0.3 is 10.5 Å². The summed E-state index contributed by atoms with van der Waals surface area (Å²) in [6, 6.07) is 16.4. The van der Waals surface area contributed by atoms with Gasteiger partial charge in [0.15, 0.2) is 5.96 Å². The number of ether oxygens (including phenoxy) is 1. The third-order valence-electron chi connectivity index (χ3n) is 3.88. The van der Waals surface area contributed by atoms with Crippen molar-refractivity contribution in [3.8, 4) is 5.75 Å². The van der Waals surface area contributed by atoms with E-state index < -0.39 is 0 Å². The third kappa shape index (κ3) is 2.33. The first kappa shape index (κ1) is 13.5. The van der Waals surface area contributed by atoms with Gasteiger partial charge in [0.1, 0.15) is 5.75 Å². The SMILES string of the molecule is COc1ccccc1N1C(N)=NCC1c1ccccc1C. The maximum Gasteiger partial charge on any atom is 0.196 e. The second-order valence-corrected chi connectivity index (χ2v) is 5.11. The molecule has 0 amide bonds. The third-order valence-corrected chi connectivity index (χ3v) is 3.88. The molecular formula is C17H19N3O. The highest BCUT2D eigenvalue weighted by atomic mass is 16.5. The summed E-state index contributed by atoms with van der Waals surface area (Å²) in [5, 5.41) is 0. The first-order chi connectivity index (χ1) is 10.2. The quantitative estimate of drug-likeness (QED) is 0.941. The summed E-state index contributed by atoms with van der Waals surface area (Å²) in [7, 11) is 1.67. The Balaban J connectivity index is 2.06. The zero-order valence-corrected chi connectivity index (χ0v) is 12.3. The molecule has 108 valence electrons. The van der Waals surface area contributed by atoms with Gasteiger partial charge in [0.2, 0.25) is 0 Å². The number of guanidine groups is 1. The van der Waals surface area contributed by atoms with Crippen LogP contribution in [0.2, 0.25) is 0 Å². The molecule has 4 nitrogen and oxygen atoms in total. The van der Waals surface area contributed by atoms with Gasteiger partial charge in [0.05, 0.1) is 25.4 Å². The Morgan fingerprint density at radius 3 is 2.62 bits per heavy atom. The molecule has 0 saturated carbocycles. The molecule has 2 N–H and O–H groups in total. The van der Waals surface area contributed by atoms with E-state index in [-0.39, 0.29) is 6.04 Å². The molecular weight excluding hydrogens is 262 g/mol. The van der Waals surface area contributed by atoms with E-state index in [2.05, 4.69) is 35.0 Å². The number of rotatable bonds is 3. The van der Waals surface area contributed by atoms with Crippen LogP contribution in [0.5, 0.6) is 5.75 Å². The smallest absolute Gasteiger partial charge is 0.196 e. The van der Waals surface area contributed by atoms with Crippen molar-refractivity contribution in [1.29, 1.82) is 0 Å². The lowest BCUT2D eigenvalue weighted by Crippen LogP contribution is -2.36. The van der Waals surface area contributed by atoms with E-state index in [0.29, 0.717) is 12.5 Å². The molecule has 1 aliphatic rings. The minimum atomic E-state index is 0.113. The van der Waals surface area contributed by atoms with Crippen LogP contribution in [0.15, 0.2) is 53.5 Å². The number of para-hydroxylation sites is 2. The van der Waals surface area contributed by atoms with Crippen molar-refractivity contribution in [2.45, 2.75) is 13.0 Å². The average molecular weight is 281 g/mol. The van der Waals surface area contributed by atoms with Gasteiger partial charge in [-0.05, 0) is 30.2 Å². The van der Waals surface area contributed by atoms with Crippen LogP contribution >= 0.6 is 0 Å². The summed E-state index contributed by atoms with van der Waals surface area (Å²) >= 11 is 0. The number of anilines is 1. The van der Waals surface area contributed by atoms with Gasteiger partial charge in [-0.1, -0.05) is 36.4 Å². The molecule has 0 aromatic heterocycles. The molecule has 0 aliphatic carbocycles. The minimum Gasteiger partial charge on any atom is -0.495 e. The van der Waals surface area contributed by atoms with E-state index in [4.69, 9.17) is 10.5 Å². The van der Waals surface area contributed by atoms with E-state index in [1.807, 2.05) is 30.3 Å². The van der Waals surface area contributed by atoms with Crippen LogP contribution in [0.25, 0.3) is 0 Å². The molecule has 0 radical (unpaired) electrons. The van der Waals surface area contributed by atoms with Gasteiger partial charge >= 0.3 is 0 Å². The summed E-state index contributed by atoms with van der Waals surface area (Å²) in [5.74, 6) is 1.34. The highest BCUT2D eigenvalue weighted by Gasteiger charge is 2.31. The van der Waals surface area contributed by atoms with Gasteiger partial charge in [-0.2, -0.15) is 0 Å². The fourth-order valence-corrected chi connectivity index (χ4v) is 2.82. The van der Waals surface area contributed by atoms with Crippen molar-refractivity contribution in [3.05, 3.63) is 59.7 Å². The van der Waals surface area contributed by atoms with Crippen LogP contribution in [-0.2, 0) is 0 Å². The molecule has 2 aromatic rings. The summed E-state index contributed by atoms with van der Waals surface area (Å²) in [4.78, 5) is 6.49. The lowest BCUT2D eigenvalue weighted by Gasteiger charge is -2.28. The van der Waals surface area contributed by atoms with Crippen molar-refractivity contribution < 1.29 is 4.74 Å². The van der Waals surface area contributed by atoms with Gasteiger partial charge in [0, 0.05) is 0 Å². The summed E-state index contributed by atoms with van der Waals surface area (Å²) < 4.78 is 5.47. The second-order valence-electron chi connectivity index (χ2n) is 5.11. The van der Waals surface area contributed by atoms with Crippen molar-refractivity contribution in [2.75, 3.05) is 18.6 Å².